The second-order valence-electron chi connectivity index (χ2n) is 6.48. The van der Waals surface area contributed by atoms with E-state index in [1.54, 1.807) is 28.6 Å². The third-order valence-corrected chi connectivity index (χ3v) is 6.83. The van der Waals surface area contributed by atoms with Crippen LogP contribution in [-0.2, 0) is 16.6 Å². The molecule has 0 unspecified atom stereocenters. The number of hydrogen-bond donors (Lipinski definition) is 1. The first-order valence-corrected chi connectivity index (χ1v) is 9.94. The molecule has 3 rings (SSSR count). The van der Waals surface area contributed by atoms with E-state index in [9.17, 15) is 8.42 Å². The van der Waals surface area contributed by atoms with Crippen LogP contribution in [0.25, 0.3) is 0 Å². The van der Waals surface area contributed by atoms with Crippen molar-refractivity contribution in [3.05, 3.63) is 53.9 Å². The van der Waals surface area contributed by atoms with Gasteiger partial charge in [0.1, 0.15) is 0 Å². The maximum Gasteiger partial charge on any atom is 0.243 e. The highest BCUT2D eigenvalue weighted by molar-refractivity contribution is 7.89. The summed E-state index contributed by atoms with van der Waals surface area (Å²) in [5.41, 5.74) is 2.58. The average Bonchev–Trinajstić information content (AvgIpc) is 2.92. The van der Waals surface area contributed by atoms with E-state index < -0.39 is 10.0 Å². The van der Waals surface area contributed by atoms with E-state index in [-0.39, 0.29) is 0 Å². The summed E-state index contributed by atoms with van der Waals surface area (Å²) in [5, 5.41) is 0. The second-order valence-corrected chi connectivity index (χ2v) is 8.42. The van der Waals surface area contributed by atoms with Crippen LogP contribution in [-0.4, -0.2) is 50.0 Å². The Balaban J connectivity index is 1.56. The topological polar surface area (TPSA) is 46.8 Å². The van der Waals surface area contributed by atoms with Crippen molar-refractivity contribution in [2.24, 2.45) is 0 Å². The lowest BCUT2D eigenvalue weighted by atomic mass is 10.3. The summed E-state index contributed by atoms with van der Waals surface area (Å²) in [6.45, 7) is 9.21. The van der Waals surface area contributed by atoms with E-state index in [1.807, 2.05) is 6.07 Å². The molecule has 2 heterocycles. The molecule has 1 aliphatic rings. The Hall–Kier alpha value is -1.63. The highest BCUT2D eigenvalue weighted by Crippen LogP contribution is 2.14. The Kier molecular flexibility index (Phi) is 5.08. The summed E-state index contributed by atoms with van der Waals surface area (Å²) in [4.78, 5) is 1.87. The molecule has 2 aromatic rings. The molecular formula is C18H26N3O2S+. The monoisotopic (exact) mass is 348 g/mol. The largest absolute Gasteiger partial charge is 0.344 e. The van der Waals surface area contributed by atoms with Crippen LogP contribution in [0.2, 0.25) is 0 Å². The van der Waals surface area contributed by atoms with Gasteiger partial charge in [-0.2, -0.15) is 4.31 Å². The van der Waals surface area contributed by atoms with Gasteiger partial charge in [-0.15, -0.1) is 0 Å². The lowest BCUT2D eigenvalue weighted by Gasteiger charge is -2.31. The lowest BCUT2D eigenvalue weighted by molar-refractivity contribution is -0.904. The Bertz CT molecular complexity index is 756. The highest BCUT2D eigenvalue weighted by Gasteiger charge is 2.30. The summed E-state index contributed by atoms with van der Waals surface area (Å²) in [7, 11) is -3.34. The minimum atomic E-state index is -3.34. The van der Waals surface area contributed by atoms with E-state index in [2.05, 4.69) is 30.5 Å². The molecule has 1 aromatic heterocycles. The van der Waals surface area contributed by atoms with Crippen molar-refractivity contribution in [2.75, 3.05) is 32.7 Å². The Morgan fingerprint density at radius 1 is 0.958 bits per heavy atom. The van der Waals surface area contributed by atoms with E-state index in [0.717, 1.165) is 26.2 Å². The van der Waals surface area contributed by atoms with Crippen LogP contribution in [0, 0.1) is 13.8 Å². The van der Waals surface area contributed by atoms with Gasteiger partial charge in [0.15, 0.2) is 0 Å². The van der Waals surface area contributed by atoms with Crippen molar-refractivity contribution in [3.63, 3.8) is 0 Å². The van der Waals surface area contributed by atoms with Gasteiger partial charge < -0.3 is 9.47 Å². The van der Waals surface area contributed by atoms with Crippen LogP contribution in [0.5, 0.6) is 0 Å². The van der Waals surface area contributed by atoms with Gasteiger partial charge in [-0.25, -0.2) is 8.42 Å². The first-order chi connectivity index (χ1) is 11.5. The highest BCUT2D eigenvalue weighted by atomic mass is 32.2. The SMILES string of the molecule is Cc1ccc(C)n1CC[NH+]1CCN(S(=O)(=O)c2ccccc2)CC1. The number of rotatable bonds is 5. The molecule has 5 nitrogen and oxygen atoms in total. The van der Waals surface area contributed by atoms with Gasteiger partial charge in [0.05, 0.1) is 44.2 Å². The molecule has 1 saturated heterocycles. The van der Waals surface area contributed by atoms with Crippen LogP contribution >= 0.6 is 0 Å². The van der Waals surface area contributed by atoms with Gasteiger partial charge in [0, 0.05) is 11.4 Å². The zero-order chi connectivity index (χ0) is 17.2. The summed E-state index contributed by atoms with van der Waals surface area (Å²) >= 11 is 0. The summed E-state index contributed by atoms with van der Waals surface area (Å²) in [6, 6.07) is 13.0. The van der Waals surface area contributed by atoms with Crippen LogP contribution in [0.4, 0.5) is 0 Å². The predicted octanol–water partition coefficient (Wildman–Crippen LogP) is 0.694. The minimum absolute atomic E-state index is 0.395. The zero-order valence-electron chi connectivity index (χ0n) is 14.4. The Morgan fingerprint density at radius 3 is 2.12 bits per heavy atom. The number of hydrogen-bond acceptors (Lipinski definition) is 2. The number of benzene rings is 1. The first kappa shape index (κ1) is 17.2. The van der Waals surface area contributed by atoms with Crippen LogP contribution in [0.15, 0.2) is 47.4 Å². The molecule has 0 saturated carbocycles. The minimum Gasteiger partial charge on any atom is -0.344 e. The number of quaternary nitrogens is 1. The van der Waals surface area contributed by atoms with Gasteiger partial charge in [-0.3, -0.25) is 0 Å². The summed E-state index contributed by atoms with van der Waals surface area (Å²) < 4.78 is 29.2. The van der Waals surface area contributed by atoms with E-state index in [4.69, 9.17) is 0 Å². The maximum absolute atomic E-state index is 12.6. The number of aromatic nitrogens is 1. The van der Waals surface area contributed by atoms with Crippen LogP contribution in [0.1, 0.15) is 11.4 Å². The fourth-order valence-corrected chi connectivity index (χ4v) is 4.82. The molecule has 1 N–H and O–H groups in total. The molecular weight excluding hydrogens is 322 g/mol. The lowest BCUT2D eigenvalue weighted by Crippen LogP contribution is -3.15. The van der Waals surface area contributed by atoms with Crippen LogP contribution < -0.4 is 4.90 Å². The number of aryl methyl sites for hydroxylation is 2. The van der Waals surface area contributed by atoms with Crippen LogP contribution in [0.3, 0.4) is 0 Å². The normalized spacial score (nSPS) is 17.2. The Labute approximate surface area is 144 Å². The molecule has 130 valence electrons. The molecule has 1 aliphatic heterocycles. The molecule has 1 fully saturated rings. The molecule has 0 atom stereocenters. The van der Waals surface area contributed by atoms with Gasteiger partial charge in [0.25, 0.3) is 0 Å². The number of nitrogens with one attached hydrogen (secondary N) is 1. The molecule has 0 spiro atoms. The molecule has 0 aliphatic carbocycles. The summed E-state index contributed by atoms with van der Waals surface area (Å²) in [5.74, 6) is 0. The van der Waals surface area contributed by atoms with Crippen molar-refractivity contribution >= 4 is 10.0 Å². The predicted molar refractivity (Wildman–Crippen MR) is 94.7 cm³/mol. The first-order valence-electron chi connectivity index (χ1n) is 8.50. The maximum atomic E-state index is 12.6. The summed E-state index contributed by atoms with van der Waals surface area (Å²) in [6.07, 6.45) is 0. The Morgan fingerprint density at radius 2 is 1.54 bits per heavy atom. The van der Waals surface area contributed by atoms with E-state index in [1.165, 1.54) is 16.3 Å². The smallest absolute Gasteiger partial charge is 0.243 e. The molecule has 24 heavy (non-hydrogen) atoms. The van der Waals surface area contributed by atoms with Crippen molar-refractivity contribution in [1.82, 2.24) is 8.87 Å². The number of nitrogens with zero attached hydrogens (tertiary/aromatic N) is 2. The van der Waals surface area contributed by atoms with E-state index in [0.29, 0.717) is 18.0 Å². The zero-order valence-corrected chi connectivity index (χ0v) is 15.2. The quantitative estimate of drug-likeness (QED) is 0.864. The third-order valence-electron chi connectivity index (χ3n) is 4.92. The average molecular weight is 348 g/mol. The van der Waals surface area contributed by atoms with E-state index >= 15 is 0 Å². The second kappa shape index (κ2) is 7.09. The van der Waals surface area contributed by atoms with Crippen molar-refractivity contribution in [1.29, 1.82) is 0 Å². The molecule has 1 aromatic carbocycles. The standard InChI is InChI=1S/C18H25N3O2S/c1-16-8-9-17(2)21(16)15-12-19-10-13-20(14-11-19)24(22,23)18-6-4-3-5-7-18/h3-9H,10-15H2,1-2H3/p+1. The van der Waals surface area contributed by atoms with Crippen molar-refractivity contribution < 1.29 is 13.3 Å². The molecule has 0 amide bonds. The number of sulfonamides is 1. The van der Waals surface area contributed by atoms with Gasteiger partial charge in [-0.1, -0.05) is 18.2 Å². The van der Waals surface area contributed by atoms with Gasteiger partial charge in [0.2, 0.25) is 10.0 Å². The molecule has 0 bridgehead atoms. The molecule has 0 radical (unpaired) electrons. The fourth-order valence-electron chi connectivity index (χ4n) is 3.36. The third kappa shape index (κ3) is 3.55. The van der Waals surface area contributed by atoms with Crippen molar-refractivity contribution in [3.8, 4) is 0 Å². The fraction of sp³-hybridized carbons (Fsp3) is 0.444. The van der Waals surface area contributed by atoms with Gasteiger partial charge >= 0.3 is 0 Å². The van der Waals surface area contributed by atoms with Gasteiger partial charge in [-0.05, 0) is 38.1 Å². The number of piperazine rings is 1. The molecule has 6 heteroatoms. The van der Waals surface area contributed by atoms with Crippen molar-refractivity contribution in [2.45, 2.75) is 25.3 Å².